The van der Waals surface area contributed by atoms with Crippen LogP contribution in [-0.4, -0.2) is 54.7 Å². The van der Waals surface area contributed by atoms with Crippen molar-refractivity contribution in [3.05, 3.63) is 23.3 Å². The lowest BCUT2D eigenvalue weighted by atomic mass is 9.92. The Bertz CT molecular complexity index is 847. The Hall–Kier alpha value is -2.08. The summed E-state index contributed by atoms with van der Waals surface area (Å²) in [7, 11) is 1.69. The van der Waals surface area contributed by atoms with E-state index in [1.165, 1.54) is 19.3 Å². The van der Waals surface area contributed by atoms with Crippen molar-refractivity contribution >= 4 is 17.5 Å². The normalized spacial score (nSPS) is 21.2. The summed E-state index contributed by atoms with van der Waals surface area (Å²) in [5.41, 5.74) is 1.39. The van der Waals surface area contributed by atoms with Crippen LogP contribution in [0.2, 0.25) is 0 Å². The van der Waals surface area contributed by atoms with Gasteiger partial charge < -0.3 is 19.3 Å². The molecule has 3 rings (SSSR count). The number of carbonyl (C=O) groups excluding carboxylic acids is 2. The van der Waals surface area contributed by atoms with E-state index >= 15 is 0 Å². The molecule has 1 atom stereocenters. The maximum atomic E-state index is 13.8. The summed E-state index contributed by atoms with van der Waals surface area (Å²) in [5.74, 6) is 0.714. The van der Waals surface area contributed by atoms with Crippen LogP contribution in [0.3, 0.4) is 0 Å². The molecule has 0 radical (unpaired) electrons. The first-order valence-corrected chi connectivity index (χ1v) is 12.7. The van der Waals surface area contributed by atoms with Crippen LogP contribution in [0.15, 0.2) is 12.1 Å². The third-order valence-electron chi connectivity index (χ3n) is 7.27. The summed E-state index contributed by atoms with van der Waals surface area (Å²) >= 11 is 0. The van der Waals surface area contributed by atoms with Gasteiger partial charge >= 0.3 is 0 Å². The number of nitrogens with zero attached hydrogens (tertiary/aromatic N) is 2. The molecule has 6 nitrogen and oxygen atoms in total. The summed E-state index contributed by atoms with van der Waals surface area (Å²) < 4.78 is 11.4. The molecular weight excluding hydrogens is 416 g/mol. The average molecular weight is 459 g/mol. The molecular formula is C27H42N2O4. The zero-order valence-corrected chi connectivity index (χ0v) is 21.4. The van der Waals surface area contributed by atoms with Crippen LogP contribution in [-0.2, 0) is 9.53 Å². The molecule has 0 saturated heterocycles. The molecule has 2 amide bonds. The molecule has 184 valence electrons. The number of fused-ring (bicyclic) bond motifs is 1. The fraction of sp³-hybridized carbons (Fsp3) is 0.704. The summed E-state index contributed by atoms with van der Waals surface area (Å²) in [5, 5.41) is 0. The second kappa shape index (κ2) is 10.9. The number of amides is 2. The molecule has 1 saturated carbocycles. The number of unbranched alkanes of at least 4 members (excludes halogenated alkanes) is 1. The molecule has 1 aliphatic heterocycles. The van der Waals surface area contributed by atoms with Crippen LogP contribution in [0.25, 0.3) is 0 Å². The number of carbonyl (C=O) groups is 2. The highest BCUT2D eigenvalue weighted by Crippen LogP contribution is 2.41. The fourth-order valence-corrected chi connectivity index (χ4v) is 5.16. The first-order chi connectivity index (χ1) is 15.7. The minimum Gasteiger partial charge on any atom is -0.476 e. The predicted octanol–water partition coefficient (Wildman–Crippen LogP) is 5.50. The summed E-state index contributed by atoms with van der Waals surface area (Å²) in [6.07, 6.45) is 8.03. The number of methoxy groups -OCH3 is 1. The summed E-state index contributed by atoms with van der Waals surface area (Å²) in [6.45, 7) is 11.3. The van der Waals surface area contributed by atoms with E-state index in [2.05, 4.69) is 18.7 Å². The quantitative estimate of drug-likeness (QED) is 0.459. The molecule has 1 fully saturated rings. The number of anilines is 1. The standard InChI is InChI=1S/C27H42N2O4/c1-7-27(5)26(31)28(15-11-12-16-32-6)23-18-22(20(4)17-24(23)33-27)25(30)29(19(2)3)21-13-9-8-10-14-21/h17-19,21H,7-16H2,1-6H3. The van der Waals surface area contributed by atoms with Gasteiger partial charge in [-0.25, -0.2) is 0 Å². The van der Waals surface area contributed by atoms with Gasteiger partial charge in [0.05, 0.1) is 5.69 Å². The van der Waals surface area contributed by atoms with E-state index in [1.807, 2.05) is 37.8 Å². The Labute approximate surface area is 199 Å². The van der Waals surface area contributed by atoms with E-state index in [1.54, 1.807) is 7.11 Å². The van der Waals surface area contributed by atoms with Crippen LogP contribution in [0.5, 0.6) is 5.75 Å². The monoisotopic (exact) mass is 458 g/mol. The van der Waals surface area contributed by atoms with Crippen LogP contribution in [0.1, 0.15) is 95.0 Å². The van der Waals surface area contributed by atoms with E-state index in [-0.39, 0.29) is 23.9 Å². The number of aryl methyl sites for hydroxylation is 1. The average Bonchev–Trinajstić information content (AvgIpc) is 2.79. The number of hydrogen-bond acceptors (Lipinski definition) is 4. The van der Waals surface area contributed by atoms with Crippen LogP contribution in [0.4, 0.5) is 5.69 Å². The van der Waals surface area contributed by atoms with Gasteiger partial charge in [-0.15, -0.1) is 0 Å². The topological polar surface area (TPSA) is 59.1 Å². The smallest absolute Gasteiger partial charge is 0.270 e. The zero-order valence-electron chi connectivity index (χ0n) is 21.4. The van der Waals surface area contributed by atoms with Gasteiger partial charge in [-0.3, -0.25) is 9.59 Å². The first-order valence-electron chi connectivity index (χ1n) is 12.7. The second-order valence-electron chi connectivity index (χ2n) is 10.1. The Balaban J connectivity index is 1.98. The lowest BCUT2D eigenvalue weighted by molar-refractivity contribution is -0.134. The number of benzene rings is 1. The SMILES string of the molecule is CCC1(C)Oc2cc(C)c(C(=O)N(C(C)C)C3CCCCC3)cc2N(CCCCOC)C1=O. The molecule has 1 aliphatic carbocycles. The van der Waals surface area contributed by atoms with Gasteiger partial charge in [0.15, 0.2) is 5.60 Å². The Morgan fingerprint density at radius 1 is 1.24 bits per heavy atom. The fourth-order valence-electron chi connectivity index (χ4n) is 5.16. The molecule has 33 heavy (non-hydrogen) atoms. The van der Waals surface area contributed by atoms with E-state index in [0.29, 0.717) is 36.6 Å². The molecule has 1 unspecified atom stereocenters. The van der Waals surface area contributed by atoms with Crippen molar-refractivity contribution in [1.29, 1.82) is 0 Å². The van der Waals surface area contributed by atoms with Crippen molar-refractivity contribution in [3.63, 3.8) is 0 Å². The molecule has 0 bridgehead atoms. The maximum absolute atomic E-state index is 13.8. The molecule has 0 aromatic heterocycles. The van der Waals surface area contributed by atoms with Crippen molar-refractivity contribution in [3.8, 4) is 5.75 Å². The summed E-state index contributed by atoms with van der Waals surface area (Å²) in [6, 6.07) is 4.26. The third kappa shape index (κ3) is 5.37. The van der Waals surface area contributed by atoms with Crippen molar-refractivity contribution in [2.45, 2.75) is 104 Å². The van der Waals surface area contributed by atoms with Crippen molar-refractivity contribution in [2.75, 3.05) is 25.2 Å². The van der Waals surface area contributed by atoms with Gasteiger partial charge in [0.2, 0.25) is 0 Å². The highest BCUT2D eigenvalue weighted by atomic mass is 16.5. The van der Waals surface area contributed by atoms with Gasteiger partial charge in [0.1, 0.15) is 5.75 Å². The Morgan fingerprint density at radius 2 is 1.94 bits per heavy atom. The van der Waals surface area contributed by atoms with Gasteiger partial charge in [0, 0.05) is 37.9 Å². The molecule has 1 heterocycles. The van der Waals surface area contributed by atoms with Gasteiger partial charge in [-0.1, -0.05) is 26.2 Å². The maximum Gasteiger partial charge on any atom is 0.270 e. The van der Waals surface area contributed by atoms with Gasteiger partial charge in [-0.05, 0) is 77.5 Å². The first kappa shape index (κ1) is 25.5. The Kier molecular flexibility index (Phi) is 8.43. The van der Waals surface area contributed by atoms with E-state index in [4.69, 9.17) is 9.47 Å². The minimum absolute atomic E-state index is 0.0369. The number of ether oxygens (including phenoxy) is 2. The van der Waals surface area contributed by atoms with E-state index in [9.17, 15) is 9.59 Å². The summed E-state index contributed by atoms with van der Waals surface area (Å²) in [4.78, 5) is 31.2. The van der Waals surface area contributed by atoms with Crippen molar-refractivity contribution in [1.82, 2.24) is 4.90 Å². The number of rotatable bonds is 9. The second-order valence-corrected chi connectivity index (χ2v) is 10.1. The van der Waals surface area contributed by atoms with Gasteiger partial charge in [-0.2, -0.15) is 0 Å². The Morgan fingerprint density at radius 3 is 2.55 bits per heavy atom. The predicted molar refractivity (Wildman–Crippen MR) is 132 cm³/mol. The molecule has 1 aromatic carbocycles. The lowest BCUT2D eigenvalue weighted by Gasteiger charge is -2.41. The van der Waals surface area contributed by atoms with Crippen LogP contribution < -0.4 is 9.64 Å². The lowest BCUT2D eigenvalue weighted by Crippen LogP contribution is -2.54. The minimum atomic E-state index is -0.891. The van der Waals surface area contributed by atoms with Crippen LogP contribution in [0, 0.1) is 6.92 Å². The molecule has 2 aliphatic rings. The van der Waals surface area contributed by atoms with Crippen LogP contribution >= 0.6 is 0 Å². The third-order valence-corrected chi connectivity index (χ3v) is 7.27. The molecule has 0 spiro atoms. The van der Waals surface area contributed by atoms with Crippen molar-refractivity contribution < 1.29 is 19.1 Å². The molecule has 1 aromatic rings. The molecule has 6 heteroatoms. The van der Waals surface area contributed by atoms with E-state index < -0.39 is 5.60 Å². The largest absolute Gasteiger partial charge is 0.476 e. The number of hydrogen-bond donors (Lipinski definition) is 0. The van der Waals surface area contributed by atoms with E-state index in [0.717, 1.165) is 31.2 Å². The highest BCUT2D eigenvalue weighted by molar-refractivity contribution is 6.05. The van der Waals surface area contributed by atoms with Gasteiger partial charge in [0.25, 0.3) is 11.8 Å². The van der Waals surface area contributed by atoms with Crippen molar-refractivity contribution in [2.24, 2.45) is 0 Å². The zero-order chi connectivity index (χ0) is 24.2. The molecule has 0 N–H and O–H groups in total. The highest BCUT2D eigenvalue weighted by Gasteiger charge is 2.44.